The van der Waals surface area contributed by atoms with Crippen molar-refractivity contribution in [3.63, 3.8) is 0 Å². The van der Waals surface area contributed by atoms with Gasteiger partial charge in [-0.25, -0.2) is 0 Å². The number of rotatable bonds is 19. The number of hydrogen-bond acceptors (Lipinski definition) is 9. The highest BCUT2D eigenvalue weighted by atomic mass is 16.5. The molecule has 1 aliphatic heterocycles. The number of carbonyl (C=O) groups excluding carboxylic acids is 4. The third-order valence-corrected chi connectivity index (χ3v) is 5.03. The molecule has 1 aromatic rings. The maximum Gasteiger partial charge on any atom is 0.250 e. The lowest BCUT2D eigenvalue weighted by Crippen LogP contribution is -2.47. The molecule has 0 saturated carbocycles. The second kappa shape index (κ2) is 17.5. The second-order valence-electron chi connectivity index (χ2n) is 7.84. The van der Waals surface area contributed by atoms with E-state index in [-0.39, 0.29) is 50.6 Å². The van der Waals surface area contributed by atoms with Crippen LogP contribution >= 0.6 is 0 Å². The fourth-order valence-corrected chi connectivity index (χ4v) is 3.07. The number of β-lactam (4-membered cyclic amide) rings is 1. The lowest BCUT2D eigenvalue weighted by atomic mass is 10.1. The molecule has 12 heteroatoms. The summed E-state index contributed by atoms with van der Waals surface area (Å²) in [5, 5.41) is 13.9. The van der Waals surface area contributed by atoms with Crippen LogP contribution in [0.5, 0.6) is 0 Å². The first kappa shape index (κ1) is 29.3. The molecule has 12 nitrogen and oxygen atoms in total. The number of aliphatic hydroxyl groups is 1. The summed E-state index contributed by atoms with van der Waals surface area (Å²) in [5.74, 6) is -1.04. The molecule has 1 aromatic carbocycles. The van der Waals surface area contributed by atoms with Gasteiger partial charge in [-0.05, 0) is 24.1 Å². The number of amides is 4. The molecule has 1 aliphatic rings. The van der Waals surface area contributed by atoms with Gasteiger partial charge < -0.3 is 34.7 Å². The average Bonchev–Trinajstić information content (AvgIpc) is 2.86. The van der Waals surface area contributed by atoms with E-state index in [0.717, 1.165) is 5.56 Å². The normalized spacial score (nSPS) is 12.8. The van der Waals surface area contributed by atoms with Crippen LogP contribution < -0.4 is 10.6 Å². The van der Waals surface area contributed by atoms with Gasteiger partial charge in [-0.2, -0.15) is 0 Å². The molecular weight excluding hydrogens is 474 g/mol. The van der Waals surface area contributed by atoms with Gasteiger partial charge in [0.2, 0.25) is 23.6 Å². The molecule has 2 rings (SSSR count). The van der Waals surface area contributed by atoms with Crippen LogP contribution in [0.1, 0.15) is 18.4 Å². The summed E-state index contributed by atoms with van der Waals surface area (Å²) in [6.07, 6.45) is 1.21. The van der Waals surface area contributed by atoms with Crippen molar-refractivity contribution in [1.82, 2.24) is 10.2 Å². The number of likely N-dealkylation sites (tertiary alicyclic amines) is 1. The average molecular weight is 510 g/mol. The van der Waals surface area contributed by atoms with Gasteiger partial charge in [0.05, 0.1) is 46.2 Å². The fraction of sp³-hybridized carbons (Fsp3) is 0.583. The monoisotopic (exact) mass is 509 g/mol. The quantitative estimate of drug-likeness (QED) is 0.165. The Labute approximate surface area is 210 Å². The first-order valence-electron chi connectivity index (χ1n) is 11.9. The molecule has 1 fully saturated rings. The summed E-state index contributed by atoms with van der Waals surface area (Å²) in [6.45, 7) is 2.48. The van der Waals surface area contributed by atoms with E-state index in [1.54, 1.807) is 24.3 Å². The Bertz CT molecular complexity index is 833. The van der Waals surface area contributed by atoms with E-state index in [0.29, 0.717) is 64.7 Å². The summed E-state index contributed by atoms with van der Waals surface area (Å²) in [4.78, 5) is 48.2. The molecule has 0 atom stereocenters. The van der Waals surface area contributed by atoms with Gasteiger partial charge in [-0.3, -0.25) is 24.1 Å². The number of imide groups is 1. The van der Waals surface area contributed by atoms with E-state index in [4.69, 9.17) is 24.1 Å². The van der Waals surface area contributed by atoms with Crippen molar-refractivity contribution in [2.75, 3.05) is 77.9 Å². The first-order chi connectivity index (χ1) is 17.5. The third-order valence-electron chi connectivity index (χ3n) is 5.03. The van der Waals surface area contributed by atoms with Crippen molar-refractivity contribution in [3.05, 3.63) is 29.8 Å². The zero-order valence-corrected chi connectivity index (χ0v) is 20.4. The first-order valence-corrected chi connectivity index (χ1v) is 11.9. The molecule has 0 bridgehead atoms. The van der Waals surface area contributed by atoms with Gasteiger partial charge in [0.25, 0.3) is 0 Å². The van der Waals surface area contributed by atoms with Crippen LogP contribution in [0.3, 0.4) is 0 Å². The SMILES string of the molecule is O=C(COCC(=O)Nc1ccc(CCC(=O)N2CCC2=O)cc1)NCCOCCOCCOCCO. The Hall–Kier alpha value is -2.90. The van der Waals surface area contributed by atoms with Crippen LogP contribution in [0.2, 0.25) is 0 Å². The van der Waals surface area contributed by atoms with Crippen LogP contribution in [0.4, 0.5) is 5.69 Å². The van der Waals surface area contributed by atoms with Gasteiger partial charge >= 0.3 is 0 Å². The highest BCUT2D eigenvalue weighted by molar-refractivity contribution is 5.99. The van der Waals surface area contributed by atoms with E-state index >= 15 is 0 Å². The van der Waals surface area contributed by atoms with Gasteiger partial charge in [-0.15, -0.1) is 0 Å². The minimum Gasteiger partial charge on any atom is -0.394 e. The maximum atomic E-state index is 12.0. The van der Waals surface area contributed by atoms with Crippen molar-refractivity contribution in [2.24, 2.45) is 0 Å². The number of aliphatic hydroxyl groups excluding tert-OH is 1. The number of aryl methyl sites for hydroxylation is 1. The predicted octanol–water partition coefficient (Wildman–Crippen LogP) is -0.508. The number of nitrogens with one attached hydrogen (secondary N) is 2. The van der Waals surface area contributed by atoms with E-state index in [1.165, 1.54) is 4.90 Å². The van der Waals surface area contributed by atoms with Crippen molar-refractivity contribution in [3.8, 4) is 0 Å². The van der Waals surface area contributed by atoms with E-state index < -0.39 is 5.91 Å². The van der Waals surface area contributed by atoms with Crippen molar-refractivity contribution < 1.29 is 43.2 Å². The summed E-state index contributed by atoms with van der Waals surface area (Å²) >= 11 is 0. The van der Waals surface area contributed by atoms with Crippen LogP contribution in [-0.4, -0.2) is 106 Å². The zero-order chi connectivity index (χ0) is 26.0. The second-order valence-corrected chi connectivity index (χ2v) is 7.84. The summed E-state index contributed by atoms with van der Waals surface area (Å²) in [5.41, 5.74) is 1.49. The Kier molecular flexibility index (Phi) is 14.3. The van der Waals surface area contributed by atoms with Crippen LogP contribution in [0.15, 0.2) is 24.3 Å². The Morgan fingerprint density at radius 1 is 0.861 bits per heavy atom. The number of anilines is 1. The molecule has 1 saturated heterocycles. The minimum atomic E-state index is -0.396. The van der Waals surface area contributed by atoms with Gasteiger partial charge in [0.15, 0.2) is 0 Å². The molecule has 36 heavy (non-hydrogen) atoms. The van der Waals surface area contributed by atoms with Crippen molar-refractivity contribution in [2.45, 2.75) is 19.3 Å². The standard InChI is InChI=1S/C24H35N3O9/c28-10-12-34-14-16-35-15-13-33-11-8-25-21(29)17-36-18-22(30)26-20-4-1-19(2-5-20)3-6-23(31)27-9-7-24(27)32/h1-2,4-5,28H,3,6-18H2,(H,25,29)(H,26,30). The molecule has 0 aromatic heterocycles. The molecule has 1 heterocycles. The highest BCUT2D eigenvalue weighted by Gasteiger charge is 2.29. The predicted molar refractivity (Wildman–Crippen MR) is 128 cm³/mol. The number of hydrogen-bond donors (Lipinski definition) is 3. The largest absolute Gasteiger partial charge is 0.394 e. The summed E-state index contributed by atoms with van der Waals surface area (Å²) in [7, 11) is 0. The molecular formula is C24H35N3O9. The molecule has 4 amide bonds. The Balaban J connectivity index is 1.45. The smallest absolute Gasteiger partial charge is 0.250 e. The van der Waals surface area contributed by atoms with E-state index in [1.807, 2.05) is 0 Å². The van der Waals surface area contributed by atoms with Crippen LogP contribution in [0.25, 0.3) is 0 Å². The number of nitrogens with zero attached hydrogens (tertiary/aromatic N) is 1. The third kappa shape index (κ3) is 12.2. The fourth-order valence-electron chi connectivity index (χ4n) is 3.07. The lowest BCUT2D eigenvalue weighted by Gasteiger charge is -2.28. The van der Waals surface area contributed by atoms with Gasteiger partial charge in [0.1, 0.15) is 13.2 Å². The van der Waals surface area contributed by atoms with Crippen LogP contribution in [-0.2, 0) is 44.5 Å². The van der Waals surface area contributed by atoms with Crippen molar-refractivity contribution >= 4 is 29.3 Å². The van der Waals surface area contributed by atoms with E-state index in [2.05, 4.69) is 10.6 Å². The van der Waals surface area contributed by atoms with Crippen LogP contribution in [0, 0.1) is 0 Å². The topological polar surface area (TPSA) is 153 Å². The van der Waals surface area contributed by atoms with Gasteiger partial charge in [0, 0.05) is 31.6 Å². The molecule has 200 valence electrons. The lowest BCUT2D eigenvalue weighted by molar-refractivity contribution is -0.152. The molecule has 3 N–H and O–H groups in total. The zero-order valence-electron chi connectivity index (χ0n) is 20.4. The highest BCUT2D eigenvalue weighted by Crippen LogP contribution is 2.14. The maximum absolute atomic E-state index is 12.0. The number of ether oxygens (including phenoxy) is 4. The molecule has 0 aliphatic carbocycles. The summed E-state index contributed by atoms with van der Waals surface area (Å²) < 4.78 is 20.8. The number of benzene rings is 1. The molecule has 0 radical (unpaired) electrons. The summed E-state index contributed by atoms with van der Waals surface area (Å²) in [6, 6.07) is 7.04. The molecule has 0 unspecified atom stereocenters. The van der Waals surface area contributed by atoms with Gasteiger partial charge in [-0.1, -0.05) is 12.1 Å². The Morgan fingerprint density at radius 3 is 2.11 bits per heavy atom. The number of carbonyl (C=O) groups is 4. The van der Waals surface area contributed by atoms with Crippen molar-refractivity contribution in [1.29, 1.82) is 0 Å². The Morgan fingerprint density at radius 2 is 1.50 bits per heavy atom. The minimum absolute atomic E-state index is 0.0149. The van der Waals surface area contributed by atoms with E-state index in [9.17, 15) is 19.2 Å². The molecule has 0 spiro atoms.